The van der Waals surface area contributed by atoms with Gasteiger partial charge in [-0.25, -0.2) is 0 Å². The predicted molar refractivity (Wildman–Crippen MR) is 82.4 cm³/mol. The van der Waals surface area contributed by atoms with Crippen molar-refractivity contribution in [1.82, 2.24) is 0 Å². The van der Waals surface area contributed by atoms with Crippen LogP contribution in [-0.4, -0.2) is 25.4 Å². The summed E-state index contributed by atoms with van der Waals surface area (Å²) >= 11 is 0. The Morgan fingerprint density at radius 3 is 1.90 bits per heavy atom. The summed E-state index contributed by atoms with van der Waals surface area (Å²) < 4.78 is 37.5. The highest BCUT2D eigenvalue weighted by molar-refractivity contribution is 5.11. The van der Waals surface area contributed by atoms with Gasteiger partial charge < -0.3 is 9.47 Å². The first kappa shape index (κ1) is 20.3. The summed E-state index contributed by atoms with van der Waals surface area (Å²) in [6.07, 6.45) is 6.15. The minimum atomic E-state index is -2.95. The summed E-state index contributed by atoms with van der Waals surface area (Å²) in [5.41, 5.74) is 0. The van der Waals surface area contributed by atoms with Gasteiger partial charge in [-0.2, -0.15) is 8.78 Å². The molecule has 0 unspecified atom stereocenters. The van der Waals surface area contributed by atoms with Crippen LogP contribution in [0.15, 0.2) is 0 Å². The zero-order chi connectivity index (χ0) is 16.0. The lowest BCUT2D eigenvalue weighted by molar-refractivity contribution is -0.0975. The number of halogens is 2. The highest BCUT2D eigenvalue weighted by atomic mass is 19.3. The molecule has 0 atom stereocenters. The third-order valence-corrected chi connectivity index (χ3v) is 3.10. The molecule has 0 bridgehead atoms. The second-order valence-corrected chi connectivity index (χ2v) is 5.09. The molecular formula is C17H30F2O2. The Morgan fingerprint density at radius 1 is 0.857 bits per heavy atom. The zero-order valence-corrected chi connectivity index (χ0v) is 13.7. The highest BCUT2D eigenvalue weighted by Crippen LogP contribution is 2.21. The summed E-state index contributed by atoms with van der Waals surface area (Å²) in [6.45, 7) is 6.51. The van der Waals surface area contributed by atoms with Gasteiger partial charge in [0.15, 0.2) is 0 Å². The van der Waals surface area contributed by atoms with Crippen molar-refractivity contribution in [3.63, 3.8) is 0 Å². The molecule has 0 aromatic carbocycles. The van der Waals surface area contributed by atoms with Gasteiger partial charge in [-0.3, -0.25) is 0 Å². The highest BCUT2D eigenvalue weighted by Gasteiger charge is 2.25. The zero-order valence-electron chi connectivity index (χ0n) is 13.7. The second kappa shape index (κ2) is 13.0. The molecule has 0 amide bonds. The van der Waals surface area contributed by atoms with E-state index in [1.54, 1.807) is 13.8 Å². The van der Waals surface area contributed by atoms with E-state index in [-0.39, 0.29) is 6.42 Å². The predicted octanol–water partition coefficient (Wildman–Crippen LogP) is 5.16. The fourth-order valence-corrected chi connectivity index (χ4v) is 1.97. The van der Waals surface area contributed by atoms with Gasteiger partial charge in [-0.1, -0.05) is 45.4 Å². The van der Waals surface area contributed by atoms with Gasteiger partial charge in [-0.15, -0.1) is 0 Å². The molecule has 0 aromatic heterocycles. The van der Waals surface area contributed by atoms with Gasteiger partial charge in [0.2, 0.25) is 6.29 Å². The van der Waals surface area contributed by atoms with Gasteiger partial charge in [0.05, 0.1) is 0 Å². The van der Waals surface area contributed by atoms with Crippen LogP contribution in [0.1, 0.15) is 72.1 Å². The molecule has 0 saturated heterocycles. The van der Waals surface area contributed by atoms with Crippen molar-refractivity contribution >= 4 is 0 Å². The SMILES string of the molecule is CCCCCCCCCC(F)(F)C#CC(OCC)OCC. The van der Waals surface area contributed by atoms with Crippen LogP contribution < -0.4 is 0 Å². The number of hydrogen-bond donors (Lipinski definition) is 0. The second-order valence-electron chi connectivity index (χ2n) is 5.09. The molecule has 0 heterocycles. The van der Waals surface area contributed by atoms with Crippen molar-refractivity contribution in [1.29, 1.82) is 0 Å². The van der Waals surface area contributed by atoms with Crippen LogP contribution in [0.4, 0.5) is 8.78 Å². The van der Waals surface area contributed by atoms with Crippen LogP contribution in [0.3, 0.4) is 0 Å². The average molecular weight is 304 g/mol. The van der Waals surface area contributed by atoms with Gasteiger partial charge in [0.1, 0.15) is 0 Å². The maximum Gasteiger partial charge on any atom is 0.308 e. The molecule has 0 aromatic rings. The van der Waals surface area contributed by atoms with Crippen molar-refractivity contribution in [3.8, 4) is 11.8 Å². The van der Waals surface area contributed by atoms with Gasteiger partial charge in [-0.05, 0) is 32.1 Å². The third kappa shape index (κ3) is 12.8. The van der Waals surface area contributed by atoms with E-state index in [9.17, 15) is 8.78 Å². The Hall–Kier alpha value is -0.660. The molecule has 0 N–H and O–H groups in total. The molecule has 0 aliphatic carbocycles. The van der Waals surface area contributed by atoms with E-state index in [2.05, 4.69) is 12.8 Å². The van der Waals surface area contributed by atoms with E-state index >= 15 is 0 Å². The lowest BCUT2D eigenvalue weighted by Crippen LogP contribution is -2.18. The topological polar surface area (TPSA) is 18.5 Å². The average Bonchev–Trinajstić information content (AvgIpc) is 2.44. The van der Waals surface area contributed by atoms with E-state index in [1.807, 2.05) is 5.92 Å². The Labute approximate surface area is 128 Å². The van der Waals surface area contributed by atoms with Gasteiger partial charge in [0, 0.05) is 19.6 Å². The maximum atomic E-state index is 13.6. The smallest absolute Gasteiger partial charge is 0.308 e. The first-order chi connectivity index (χ1) is 10.1. The quantitative estimate of drug-likeness (QED) is 0.281. The molecule has 0 radical (unpaired) electrons. The number of hydrogen-bond acceptors (Lipinski definition) is 2. The van der Waals surface area contributed by atoms with Crippen molar-refractivity contribution in [3.05, 3.63) is 0 Å². The lowest BCUT2D eigenvalue weighted by Gasteiger charge is -2.12. The molecule has 124 valence electrons. The van der Waals surface area contributed by atoms with E-state index in [4.69, 9.17) is 9.47 Å². The van der Waals surface area contributed by atoms with E-state index in [0.717, 1.165) is 19.3 Å². The molecule has 2 nitrogen and oxygen atoms in total. The van der Waals surface area contributed by atoms with Crippen LogP contribution in [0.5, 0.6) is 0 Å². The lowest BCUT2D eigenvalue weighted by atomic mass is 10.1. The Balaban J connectivity index is 3.95. The van der Waals surface area contributed by atoms with Crippen LogP contribution in [0.25, 0.3) is 0 Å². The first-order valence-corrected chi connectivity index (χ1v) is 8.19. The third-order valence-electron chi connectivity index (χ3n) is 3.10. The molecule has 0 spiro atoms. The van der Waals surface area contributed by atoms with Gasteiger partial charge in [0.25, 0.3) is 0 Å². The molecular weight excluding hydrogens is 274 g/mol. The Morgan fingerprint density at radius 2 is 1.38 bits per heavy atom. The molecule has 0 saturated carbocycles. The summed E-state index contributed by atoms with van der Waals surface area (Å²) in [7, 11) is 0. The molecule has 4 heteroatoms. The van der Waals surface area contributed by atoms with E-state index in [0.29, 0.717) is 19.6 Å². The number of alkyl halides is 2. The molecule has 21 heavy (non-hydrogen) atoms. The molecule has 0 rings (SSSR count). The van der Waals surface area contributed by atoms with Crippen LogP contribution in [0.2, 0.25) is 0 Å². The van der Waals surface area contributed by atoms with Crippen LogP contribution in [0, 0.1) is 11.8 Å². The fraction of sp³-hybridized carbons (Fsp3) is 0.882. The largest absolute Gasteiger partial charge is 0.342 e. The van der Waals surface area contributed by atoms with Crippen LogP contribution in [-0.2, 0) is 9.47 Å². The summed E-state index contributed by atoms with van der Waals surface area (Å²) in [6, 6.07) is 0. The summed E-state index contributed by atoms with van der Waals surface area (Å²) in [5.74, 6) is 1.44. The van der Waals surface area contributed by atoms with Gasteiger partial charge >= 0.3 is 5.92 Å². The minimum Gasteiger partial charge on any atom is -0.342 e. The van der Waals surface area contributed by atoms with Crippen molar-refractivity contribution in [2.24, 2.45) is 0 Å². The van der Waals surface area contributed by atoms with Crippen molar-refractivity contribution in [2.75, 3.05) is 13.2 Å². The Bertz CT molecular complexity index is 289. The van der Waals surface area contributed by atoms with E-state index in [1.165, 1.54) is 19.3 Å². The first-order valence-electron chi connectivity index (χ1n) is 8.19. The van der Waals surface area contributed by atoms with E-state index < -0.39 is 12.2 Å². The van der Waals surface area contributed by atoms with Crippen molar-refractivity contribution < 1.29 is 18.3 Å². The number of unbranched alkanes of at least 4 members (excludes halogenated alkanes) is 6. The Kier molecular flexibility index (Phi) is 12.6. The molecule has 0 fully saturated rings. The van der Waals surface area contributed by atoms with Crippen molar-refractivity contribution in [2.45, 2.75) is 84.4 Å². The maximum absolute atomic E-state index is 13.6. The van der Waals surface area contributed by atoms with Crippen LogP contribution >= 0.6 is 0 Å². The standard InChI is InChI=1S/C17H30F2O2/c1-4-7-8-9-10-11-12-14-17(18,19)15-13-16(20-5-2)21-6-3/h16H,4-12,14H2,1-3H3. The molecule has 0 aliphatic rings. The summed E-state index contributed by atoms with van der Waals surface area (Å²) in [5, 5.41) is 0. The normalized spacial score (nSPS) is 11.5. The fourth-order valence-electron chi connectivity index (χ4n) is 1.97. The summed E-state index contributed by atoms with van der Waals surface area (Å²) in [4.78, 5) is 0. The molecule has 0 aliphatic heterocycles. The minimum absolute atomic E-state index is 0.182. The number of ether oxygens (including phenoxy) is 2. The monoisotopic (exact) mass is 304 g/mol. The number of rotatable bonds is 12.